The van der Waals surface area contributed by atoms with E-state index in [1.165, 1.54) is 9.79 Å². The van der Waals surface area contributed by atoms with Crippen molar-refractivity contribution in [3.8, 4) is 0 Å². The molecule has 4 heteroatoms. The van der Waals surface area contributed by atoms with Gasteiger partial charge in [-0.15, -0.1) is 0 Å². The molecule has 0 atom stereocenters. The van der Waals surface area contributed by atoms with Crippen molar-refractivity contribution in [3.63, 3.8) is 0 Å². The van der Waals surface area contributed by atoms with E-state index in [1.807, 2.05) is 19.9 Å². The van der Waals surface area contributed by atoms with Crippen molar-refractivity contribution in [3.05, 3.63) is 48.0 Å². The summed E-state index contributed by atoms with van der Waals surface area (Å²) < 4.78 is 0. The maximum atomic E-state index is 5.11. The number of hydrogen-bond acceptors (Lipinski definition) is 4. The quantitative estimate of drug-likeness (QED) is 0.561. The first kappa shape index (κ1) is 13.1. The SMILES string of the molecule is CCON=C(C)c1ccc2c(c1)Nc1ccccc1S2. The lowest BCUT2D eigenvalue weighted by molar-refractivity contribution is 0.159. The number of fused-ring (bicyclic) bond motifs is 2. The highest BCUT2D eigenvalue weighted by Gasteiger charge is 2.15. The van der Waals surface area contributed by atoms with E-state index in [9.17, 15) is 0 Å². The van der Waals surface area contributed by atoms with Gasteiger partial charge in [0.2, 0.25) is 0 Å². The molecule has 3 nitrogen and oxygen atoms in total. The highest BCUT2D eigenvalue weighted by molar-refractivity contribution is 7.99. The molecule has 1 aliphatic heterocycles. The van der Waals surface area contributed by atoms with Crippen LogP contribution in [-0.4, -0.2) is 12.3 Å². The number of hydrogen-bond donors (Lipinski definition) is 1. The van der Waals surface area contributed by atoms with Gasteiger partial charge in [-0.2, -0.15) is 0 Å². The zero-order chi connectivity index (χ0) is 13.9. The first-order chi connectivity index (χ1) is 9.78. The zero-order valence-corrected chi connectivity index (χ0v) is 12.3. The second-order valence-corrected chi connectivity index (χ2v) is 5.61. The molecule has 0 spiro atoms. The fourth-order valence-corrected chi connectivity index (χ4v) is 3.05. The summed E-state index contributed by atoms with van der Waals surface area (Å²) >= 11 is 1.79. The van der Waals surface area contributed by atoms with Crippen LogP contribution in [0.4, 0.5) is 11.4 Å². The summed E-state index contributed by atoms with van der Waals surface area (Å²) in [7, 11) is 0. The summed E-state index contributed by atoms with van der Waals surface area (Å²) in [4.78, 5) is 7.60. The molecule has 3 rings (SSSR count). The molecule has 1 aliphatic rings. The molecule has 0 aromatic heterocycles. The Balaban J connectivity index is 1.92. The number of rotatable bonds is 3. The van der Waals surface area contributed by atoms with Gasteiger partial charge < -0.3 is 10.2 Å². The van der Waals surface area contributed by atoms with Crippen molar-refractivity contribution in [2.24, 2.45) is 5.16 Å². The van der Waals surface area contributed by atoms with Crippen molar-refractivity contribution in [2.75, 3.05) is 11.9 Å². The summed E-state index contributed by atoms with van der Waals surface area (Å²) in [5.74, 6) is 0. The average molecular weight is 284 g/mol. The molecule has 1 N–H and O–H groups in total. The third-order valence-corrected chi connectivity index (χ3v) is 4.26. The lowest BCUT2D eigenvalue weighted by Gasteiger charge is -2.21. The van der Waals surface area contributed by atoms with E-state index in [-0.39, 0.29) is 0 Å². The van der Waals surface area contributed by atoms with Crippen LogP contribution in [0.2, 0.25) is 0 Å². The Bertz CT molecular complexity index is 667. The third kappa shape index (κ3) is 2.51. The van der Waals surface area contributed by atoms with Crippen molar-refractivity contribution in [1.29, 1.82) is 0 Å². The lowest BCUT2D eigenvalue weighted by Crippen LogP contribution is -2.03. The molecule has 0 unspecified atom stereocenters. The van der Waals surface area contributed by atoms with Gasteiger partial charge in [0, 0.05) is 15.4 Å². The maximum Gasteiger partial charge on any atom is 0.114 e. The van der Waals surface area contributed by atoms with E-state index >= 15 is 0 Å². The van der Waals surface area contributed by atoms with Gasteiger partial charge in [0.05, 0.1) is 17.1 Å². The van der Waals surface area contributed by atoms with Crippen LogP contribution in [0, 0.1) is 0 Å². The summed E-state index contributed by atoms with van der Waals surface area (Å²) in [6.45, 7) is 4.48. The lowest BCUT2D eigenvalue weighted by atomic mass is 10.1. The Kier molecular flexibility index (Phi) is 3.65. The highest BCUT2D eigenvalue weighted by Crippen LogP contribution is 2.44. The predicted octanol–water partition coefficient (Wildman–Crippen LogP) is 4.66. The smallest absolute Gasteiger partial charge is 0.114 e. The van der Waals surface area contributed by atoms with Crippen LogP contribution >= 0.6 is 11.8 Å². The molecule has 2 aromatic carbocycles. The summed E-state index contributed by atoms with van der Waals surface area (Å²) in [5.41, 5.74) is 4.24. The first-order valence-electron chi connectivity index (χ1n) is 6.63. The van der Waals surface area contributed by atoms with Crippen LogP contribution in [0.3, 0.4) is 0 Å². The van der Waals surface area contributed by atoms with Crippen LogP contribution in [-0.2, 0) is 4.84 Å². The van der Waals surface area contributed by atoms with E-state index in [2.05, 4.69) is 46.9 Å². The molecular weight excluding hydrogens is 268 g/mol. The van der Waals surface area contributed by atoms with Gasteiger partial charge in [-0.25, -0.2) is 0 Å². The van der Waals surface area contributed by atoms with Crippen LogP contribution in [0.5, 0.6) is 0 Å². The molecule has 1 heterocycles. The normalized spacial score (nSPS) is 13.2. The topological polar surface area (TPSA) is 33.6 Å². The monoisotopic (exact) mass is 284 g/mol. The van der Waals surface area contributed by atoms with E-state index < -0.39 is 0 Å². The second kappa shape index (κ2) is 5.59. The Morgan fingerprint density at radius 2 is 1.95 bits per heavy atom. The maximum absolute atomic E-state index is 5.11. The van der Waals surface area contributed by atoms with E-state index in [0.717, 1.165) is 22.6 Å². The van der Waals surface area contributed by atoms with Crippen molar-refractivity contribution in [1.82, 2.24) is 0 Å². The van der Waals surface area contributed by atoms with Crippen LogP contribution in [0.15, 0.2) is 57.4 Å². The van der Waals surface area contributed by atoms with Crippen LogP contribution in [0.1, 0.15) is 19.4 Å². The molecular formula is C16H16N2OS. The number of oxime groups is 1. The molecule has 20 heavy (non-hydrogen) atoms. The molecule has 2 aromatic rings. The van der Waals surface area contributed by atoms with Gasteiger partial charge in [-0.3, -0.25) is 0 Å². The van der Waals surface area contributed by atoms with Gasteiger partial charge in [-0.1, -0.05) is 35.1 Å². The molecule has 0 saturated heterocycles. The fourth-order valence-electron chi connectivity index (χ4n) is 2.08. The standard InChI is InChI=1S/C16H16N2OS/c1-3-19-18-11(2)12-8-9-16-14(10-12)17-13-6-4-5-7-15(13)20-16/h4-10,17H,3H2,1-2H3. The van der Waals surface area contributed by atoms with E-state index in [4.69, 9.17) is 4.84 Å². The number of para-hydroxylation sites is 1. The Morgan fingerprint density at radius 3 is 2.80 bits per heavy atom. The molecule has 0 fully saturated rings. The van der Waals surface area contributed by atoms with Crippen LogP contribution < -0.4 is 5.32 Å². The van der Waals surface area contributed by atoms with Gasteiger partial charge in [0.25, 0.3) is 0 Å². The third-order valence-electron chi connectivity index (χ3n) is 3.10. The Hall–Kier alpha value is -1.94. The van der Waals surface area contributed by atoms with Crippen molar-refractivity contribution >= 4 is 28.8 Å². The highest BCUT2D eigenvalue weighted by atomic mass is 32.2. The number of nitrogens with one attached hydrogen (secondary N) is 1. The summed E-state index contributed by atoms with van der Waals surface area (Å²) in [6, 6.07) is 14.7. The minimum Gasteiger partial charge on any atom is -0.396 e. The minimum absolute atomic E-state index is 0.587. The van der Waals surface area contributed by atoms with Crippen LogP contribution in [0.25, 0.3) is 0 Å². The molecule has 102 valence electrons. The number of anilines is 2. The molecule has 0 radical (unpaired) electrons. The predicted molar refractivity (Wildman–Crippen MR) is 84.1 cm³/mol. The van der Waals surface area contributed by atoms with Crippen molar-refractivity contribution in [2.45, 2.75) is 23.6 Å². The molecule has 0 saturated carbocycles. The Labute approximate surface area is 123 Å². The summed E-state index contributed by atoms with van der Waals surface area (Å²) in [5, 5.41) is 7.56. The molecule has 0 bridgehead atoms. The number of benzene rings is 2. The minimum atomic E-state index is 0.587. The Morgan fingerprint density at radius 1 is 1.15 bits per heavy atom. The van der Waals surface area contributed by atoms with E-state index in [1.54, 1.807) is 11.8 Å². The first-order valence-corrected chi connectivity index (χ1v) is 7.44. The average Bonchev–Trinajstić information content (AvgIpc) is 2.50. The zero-order valence-electron chi connectivity index (χ0n) is 11.5. The van der Waals surface area contributed by atoms with Gasteiger partial charge in [-0.05, 0) is 38.1 Å². The largest absolute Gasteiger partial charge is 0.396 e. The van der Waals surface area contributed by atoms with Crippen molar-refractivity contribution < 1.29 is 4.84 Å². The molecule has 0 amide bonds. The van der Waals surface area contributed by atoms with Gasteiger partial charge in [0.15, 0.2) is 0 Å². The molecule has 0 aliphatic carbocycles. The summed E-state index contributed by atoms with van der Waals surface area (Å²) in [6.07, 6.45) is 0. The van der Waals surface area contributed by atoms with Gasteiger partial charge >= 0.3 is 0 Å². The number of nitrogens with zero attached hydrogens (tertiary/aromatic N) is 1. The van der Waals surface area contributed by atoms with Gasteiger partial charge in [0.1, 0.15) is 6.61 Å². The fraction of sp³-hybridized carbons (Fsp3) is 0.188. The van der Waals surface area contributed by atoms with E-state index in [0.29, 0.717) is 6.61 Å². The second-order valence-electron chi connectivity index (χ2n) is 4.53.